The van der Waals surface area contributed by atoms with Gasteiger partial charge in [-0.05, 0) is 20.8 Å². The highest BCUT2D eigenvalue weighted by Gasteiger charge is 2.26. The van der Waals surface area contributed by atoms with Crippen LogP contribution in [0.3, 0.4) is 0 Å². The molecule has 0 spiro atoms. The molecule has 0 amide bonds. The number of oxazole rings is 1. The zero-order chi connectivity index (χ0) is 13.8. The third-order valence-corrected chi connectivity index (χ3v) is 2.12. The number of aromatic nitrogens is 1. The van der Waals surface area contributed by atoms with Gasteiger partial charge in [0.25, 0.3) is 0 Å². The van der Waals surface area contributed by atoms with Crippen LogP contribution >= 0.6 is 0 Å². The largest absolute Gasteiger partial charge is 0.481 e. The smallest absolute Gasteiger partial charge is 0.307 e. The molecule has 0 aliphatic rings. The zero-order valence-electron chi connectivity index (χ0n) is 10.7. The third kappa shape index (κ3) is 4.99. The second-order valence-corrected chi connectivity index (χ2v) is 5.01. The van der Waals surface area contributed by atoms with Crippen molar-refractivity contribution in [2.75, 3.05) is 0 Å². The maximum absolute atomic E-state index is 11.6. The maximum atomic E-state index is 11.6. The summed E-state index contributed by atoms with van der Waals surface area (Å²) in [5.41, 5.74) is -0.112. The lowest BCUT2D eigenvalue weighted by Gasteiger charge is -2.20. The molecule has 0 saturated heterocycles. The molecule has 6 nitrogen and oxygen atoms in total. The van der Waals surface area contributed by atoms with E-state index in [0.29, 0.717) is 5.69 Å². The Morgan fingerprint density at radius 2 is 2.17 bits per heavy atom. The summed E-state index contributed by atoms with van der Waals surface area (Å²) in [6.45, 7) is 5.20. The Hall–Kier alpha value is -1.85. The molecule has 0 aliphatic carbocycles. The Morgan fingerprint density at radius 3 is 2.61 bits per heavy atom. The fraction of sp³-hybridized carbons (Fsp3) is 0.583. The Morgan fingerprint density at radius 1 is 1.50 bits per heavy atom. The van der Waals surface area contributed by atoms with Crippen molar-refractivity contribution in [1.82, 2.24) is 4.98 Å². The van der Waals surface area contributed by atoms with Crippen molar-refractivity contribution in [3.8, 4) is 0 Å². The second kappa shape index (κ2) is 5.66. The minimum atomic E-state index is -1.05. The molecule has 0 fully saturated rings. The van der Waals surface area contributed by atoms with Gasteiger partial charge in [0.2, 0.25) is 0 Å². The van der Waals surface area contributed by atoms with E-state index in [4.69, 9.17) is 14.3 Å². The third-order valence-electron chi connectivity index (χ3n) is 2.12. The summed E-state index contributed by atoms with van der Waals surface area (Å²) < 4.78 is 9.85. The Balaban J connectivity index is 2.58. The van der Waals surface area contributed by atoms with Gasteiger partial charge in [-0.1, -0.05) is 0 Å². The summed E-state index contributed by atoms with van der Waals surface area (Å²) in [6, 6.07) is 0. The molecule has 0 aliphatic heterocycles. The number of nitrogens with zero attached hydrogens (tertiary/aromatic N) is 1. The Bertz CT molecular complexity index is 405. The Labute approximate surface area is 105 Å². The van der Waals surface area contributed by atoms with E-state index < -0.39 is 23.5 Å². The molecule has 0 saturated carbocycles. The summed E-state index contributed by atoms with van der Waals surface area (Å²) >= 11 is 0. The number of rotatable bonds is 5. The second-order valence-electron chi connectivity index (χ2n) is 5.01. The van der Waals surface area contributed by atoms with E-state index in [1.54, 1.807) is 20.8 Å². The number of carboxylic acids is 1. The first-order valence-corrected chi connectivity index (χ1v) is 5.59. The van der Waals surface area contributed by atoms with Gasteiger partial charge in [-0.3, -0.25) is 9.59 Å². The summed E-state index contributed by atoms with van der Waals surface area (Å²) in [6.07, 6.45) is 2.55. The van der Waals surface area contributed by atoms with Gasteiger partial charge in [0.1, 0.15) is 11.9 Å². The van der Waals surface area contributed by atoms with E-state index in [-0.39, 0.29) is 12.8 Å². The predicted molar refractivity (Wildman–Crippen MR) is 61.8 cm³/mol. The normalized spacial score (nSPS) is 13.1. The fourth-order valence-electron chi connectivity index (χ4n) is 1.42. The highest BCUT2D eigenvalue weighted by atomic mass is 16.6. The molecule has 0 aromatic carbocycles. The molecular weight excluding hydrogens is 238 g/mol. The molecule has 6 heteroatoms. The quantitative estimate of drug-likeness (QED) is 0.804. The predicted octanol–water partition coefficient (Wildman–Crippen LogP) is 1.65. The van der Waals surface area contributed by atoms with E-state index in [2.05, 4.69) is 4.98 Å². The molecule has 1 rings (SSSR count). The van der Waals surface area contributed by atoms with Crippen molar-refractivity contribution in [2.45, 2.75) is 39.2 Å². The minimum absolute atomic E-state index is 0.144. The average Bonchev–Trinajstić information content (AvgIpc) is 2.66. The average molecular weight is 255 g/mol. The van der Waals surface area contributed by atoms with Gasteiger partial charge in [-0.2, -0.15) is 0 Å². The molecule has 0 radical (unpaired) electrons. The van der Waals surface area contributed by atoms with Crippen molar-refractivity contribution >= 4 is 11.9 Å². The summed E-state index contributed by atoms with van der Waals surface area (Å²) in [7, 11) is 0. The van der Waals surface area contributed by atoms with Crippen molar-refractivity contribution in [1.29, 1.82) is 0 Å². The number of hydrogen-bond acceptors (Lipinski definition) is 5. The van der Waals surface area contributed by atoms with Crippen LogP contribution in [0.15, 0.2) is 17.1 Å². The summed E-state index contributed by atoms with van der Waals surface area (Å²) in [5, 5.41) is 9.05. The van der Waals surface area contributed by atoms with Crippen LogP contribution in [0.2, 0.25) is 0 Å². The van der Waals surface area contributed by atoms with Gasteiger partial charge in [0.05, 0.1) is 18.0 Å². The van der Waals surface area contributed by atoms with E-state index in [9.17, 15) is 9.59 Å². The lowest BCUT2D eigenvalue weighted by molar-refractivity contribution is -0.159. The number of carbonyl (C=O) groups is 2. The highest BCUT2D eigenvalue weighted by molar-refractivity contribution is 5.79. The molecule has 0 bridgehead atoms. The van der Waals surface area contributed by atoms with Crippen molar-refractivity contribution in [2.24, 2.45) is 5.92 Å². The molecule has 1 aromatic rings. The molecule has 1 unspecified atom stereocenters. The highest BCUT2D eigenvalue weighted by Crippen LogP contribution is 2.15. The first-order chi connectivity index (χ1) is 8.28. The van der Waals surface area contributed by atoms with Gasteiger partial charge < -0.3 is 14.3 Å². The van der Waals surface area contributed by atoms with Gasteiger partial charge in [-0.15, -0.1) is 0 Å². The first kappa shape index (κ1) is 14.2. The number of ether oxygens (including phenoxy) is 1. The molecule has 1 atom stereocenters. The molecule has 18 heavy (non-hydrogen) atoms. The van der Waals surface area contributed by atoms with Crippen LogP contribution < -0.4 is 0 Å². The van der Waals surface area contributed by atoms with Crippen LogP contribution in [0.5, 0.6) is 0 Å². The number of carboxylic acid groups (broad SMARTS) is 1. The molecule has 100 valence electrons. The van der Waals surface area contributed by atoms with Gasteiger partial charge in [0.15, 0.2) is 6.39 Å². The van der Waals surface area contributed by atoms with Crippen LogP contribution in [0.25, 0.3) is 0 Å². The first-order valence-electron chi connectivity index (χ1n) is 5.59. The van der Waals surface area contributed by atoms with Crippen LogP contribution in [-0.4, -0.2) is 27.6 Å². The van der Waals surface area contributed by atoms with Crippen molar-refractivity contribution in [3.05, 3.63) is 18.4 Å². The number of hydrogen-bond donors (Lipinski definition) is 1. The van der Waals surface area contributed by atoms with Gasteiger partial charge in [0, 0.05) is 6.42 Å². The van der Waals surface area contributed by atoms with Gasteiger partial charge in [-0.25, -0.2) is 4.98 Å². The van der Waals surface area contributed by atoms with E-state index in [1.165, 1.54) is 12.7 Å². The van der Waals surface area contributed by atoms with E-state index >= 15 is 0 Å². The monoisotopic (exact) mass is 255 g/mol. The van der Waals surface area contributed by atoms with Crippen LogP contribution in [0, 0.1) is 5.92 Å². The number of carbonyl (C=O) groups excluding carboxylic acids is 1. The molecule has 1 heterocycles. The fourth-order valence-corrected chi connectivity index (χ4v) is 1.42. The zero-order valence-corrected chi connectivity index (χ0v) is 10.7. The minimum Gasteiger partial charge on any atom is -0.481 e. The molecule has 1 N–H and O–H groups in total. The number of aliphatic carboxylic acids is 1. The molecule has 1 aromatic heterocycles. The van der Waals surface area contributed by atoms with E-state index in [1.807, 2.05) is 0 Å². The number of esters is 1. The van der Waals surface area contributed by atoms with E-state index in [0.717, 1.165) is 0 Å². The maximum Gasteiger partial charge on any atom is 0.307 e. The lowest BCUT2D eigenvalue weighted by atomic mass is 10.00. The lowest BCUT2D eigenvalue weighted by Crippen LogP contribution is -2.28. The van der Waals surface area contributed by atoms with Crippen LogP contribution in [0.4, 0.5) is 0 Å². The Kier molecular flexibility index (Phi) is 4.47. The molecular formula is C12H17NO5. The van der Waals surface area contributed by atoms with Crippen LogP contribution in [0.1, 0.15) is 32.9 Å². The summed E-state index contributed by atoms with van der Waals surface area (Å²) in [4.78, 5) is 26.5. The van der Waals surface area contributed by atoms with Crippen molar-refractivity contribution in [3.63, 3.8) is 0 Å². The standard InChI is InChI=1S/C12H17NO5/c1-12(2,3)18-10(14)5-8(11(15)16)4-9-6-17-7-13-9/h6-8H,4-5H2,1-3H3,(H,15,16). The summed E-state index contributed by atoms with van der Waals surface area (Å²) in [5.74, 6) is -2.44. The topological polar surface area (TPSA) is 89.6 Å². The van der Waals surface area contributed by atoms with Gasteiger partial charge >= 0.3 is 11.9 Å². The SMILES string of the molecule is CC(C)(C)OC(=O)CC(Cc1cocn1)C(=O)O. The van der Waals surface area contributed by atoms with Crippen molar-refractivity contribution < 1.29 is 23.8 Å². The van der Waals surface area contributed by atoms with Crippen LogP contribution in [-0.2, 0) is 20.7 Å².